The lowest BCUT2D eigenvalue weighted by molar-refractivity contribution is -0.118. The van der Waals surface area contributed by atoms with Gasteiger partial charge in [0.1, 0.15) is 11.0 Å². The number of hydrogen-bond donors (Lipinski definition) is 1. The quantitative estimate of drug-likeness (QED) is 0.874. The fourth-order valence-electron chi connectivity index (χ4n) is 2.74. The van der Waals surface area contributed by atoms with Crippen molar-refractivity contribution in [1.29, 1.82) is 0 Å². The van der Waals surface area contributed by atoms with Crippen molar-refractivity contribution in [3.63, 3.8) is 0 Å². The molecule has 0 bridgehead atoms. The molecule has 1 aliphatic heterocycles. The molecule has 0 saturated carbocycles. The molecular formula is C19H20N2O4S. The highest BCUT2D eigenvalue weighted by Gasteiger charge is 2.44. The van der Waals surface area contributed by atoms with Gasteiger partial charge in [0.2, 0.25) is 20.9 Å². The summed E-state index contributed by atoms with van der Waals surface area (Å²) in [6.07, 6.45) is 0.673. The van der Waals surface area contributed by atoms with Gasteiger partial charge in [0.15, 0.2) is 0 Å². The number of rotatable bonds is 5. The van der Waals surface area contributed by atoms with Gasteiger partial charge in [-0.05, 0) is 49.6 Å². The van der Waals surface area contributed by atoms with E-state index < -0.39 is 21.0 Å². The number of aliphatic imine (C=N–C) groups is 1. The molecular weight excluding hydrogens is 352 g/mol. The minimum absolute atomic E-state index is 0.202. The molecule has 0 spiro atoms. The Morgan fingerprint density at radius 2 is 1.73 bits per heavy atom. The molecule has 0 aromatic heterocycles. The molecule has 3 rings (SSSR count). The van der Waals surface area contributed by atoms with Gasteiger partial charge in [0, 0.05) is 0 Å². The Balaban J connectivity index is 1.76. The van der Waals surface area contributed by atoms with Crippen LogP contribution in [0.4, 0.5) is 5.69 Å². The van der Waals surface area contributed by atoms with Gasteiger partial charge in [-0.15, -0.1) is 0 Å². The van der Waals surface area contributed by atoms with Crippen molar-refractivity contribution in [3.8, 4) is 5.75 Å². The van der Waals surface area contributed by atoms with Crippen LogP contribution in [0.2, 0.25) is 0 Å². The topological polar surface area (TPSA) is 84.8 Å². The lowest BCUT2D eigenvalue weighted by Gasteiger charge is -2.07. The number of nitrogens with one attached hydrogen (secondary N) is 1. The monoisotopic (exact) mass is 372 g/mol. The number of methoxy groups -OCH3 is 1. The van der Waals surface area contributed by atoms with E-state index >= 15 is 0 Å². The average molecular weight is 372 g/mol. The van der Waals surface area contributed by atoms with E-state index in [0.717, 1.165) is 16.9 Å². The first kappa shape index (κ1) is 18.1. The molecule has 1 fully saturated rings. The zero-order chi connectivity index (χ0) is 18.7. The normalized spacial score (nSPS) is 20.2. The zero-order valence-electron chi connectivity index (χ0n) is 14.6. The smallest absolute Gasteiger partial charge is 0.244 e. The number of ether oxygens (including phenoxy) is 1. The van der Waals surface area contributed by atoms with E-state index in [4.69, 9.17) is 4.74 Å². The van der Waals surface area contributed by atoms with Crippen LogP contribution in [-0.2, 0) is 21.1 Å². The number of benzene rings is 2. The van der Waals surface area contributed by atoms with Gasteiger partial charge in [-0.1, -0.05) is 29.8 Å². The van der Waals surface area contributed by atoms with Crippen molar-refractivity contribution < 1.29 is 17.9 Å². The largest absolute Gasteiger partial charge is 0.497 e. The number of sulfone groups is 1. The van der Waals surface area contributed by atoms with Crippen LogP contribution in [0.25, 0.3) is 0 Å². The van der Waals surface area contributed by atoms with Crippen LogP contribution in [0.3, 0.4) is 0 Å². The number of hydrogen-bond acceptors (Lipinski definition) is 5. The highest BCUT2D eigenvalue weighted by Crippen LogP contribution is 2.22. The fourth-order valence-corrected chi connectivity index (χ4v) is 4.25. The molecule has 26 heavy (non-hydrogen) atoms. The summed E-state index contributed by atoms with van der Waals surface area (Å²) in [4.78, 5) is 16.3. The van der Waals surface area contributed by atoms with Gasteiger partial charge in [0.05, 0.1) is 12.8 Å². The van der Waals surface area contributed by atoms with E-state index in [9.17, 15) is 13.2 Å². The molecule has 136 valence electrons. The van der Waals surface area contributed by atoms with E-state index in [1.54, 1.807) is 19.2 Å². The number of amidine groups is 1. The standard InChI is InChI=1S/C19H20N2O4S/c1-13-3-8-15(9-4-13)20-19-21-18(22)17(26(19,23)24)12-7-14-5-10-16(25-2)11-6-14/h3-6,8-11,17H,7,12H2,1-2H3,(H,20,21,22). The third kappa shape index (κ3) is 3.77. The van der Waals surface area contributed by atoms with E-state index in [-0.39, 0.29) is 11.6 Å². The van der Waals surface area contributed by atoms with Gasteiger partial charge in [-0.3, -0.25) is 10.1 Å². The molecule has 1 atom stereocenters. The Bertz CT molecular complexity index is 933. The number of aryl methyl sites for hydroxylation is 2. The minimum atomic E-state index is -3.80. The van der Waals surface area contributed by atoms with Gasteiger partial charge >= 0.3 is 0 Å². The lowest BCUT2D eigenvalue weighted by atomic mass is 10.1. The van der Waals surface area contributed by atoms with Crippen molar-refractivity contribution in [2.24, 2.45) is 4.99 Å². The fraction of sp³-hybridized carbons (Fsp3) is 0.263. The van der Waals surface area contributed by atoms with Crippen molar-refractivity contribution in [2.45, 2.75) is 25.0 Å². The molecule has 1 aliphatic rings. The first-order valence-corrected chi connectivity index (χ1v) is 9.78. The Kier molecular flexibility index (Phi) is 5.08. The van der Waals surface area contributed by atoms with Gasteiger partial charge in [-0.25, -0.2) is 13.4 Å². The summed E-state index contributed by atoms with van der Waals surface area (Å²) in [5.41, 5.74) is 2.48. The average Bonchev–Trinajstić information content (AvgIpc) is 2.84. The van der Waals surface area contributed by atoms with Crippen LogP contribution >= 0.6 is 0 Å². The Labute approximate surface area is 152 Å². The summed E-state index contributed by atoms with van der Waals surface area (Å²) in [6.45, 7) is 1.93. The number of nitrogens with zero attached hydrogens (tertiary/aromatic N) is 1. The number of amides is 1. The van der Waals surface area contributed by atoms with Crippen LogP contribution in [0.5, 0.6) is 5.75 Å². The molecule has 2 aromatic rings. The molecule has 7 heteroatoms. The SMILES string of the molecule is COc1ccc(CCC2C(=O)NC(=Nc3ccc(C)cc3)S2(=O)=O)cc1. The Morgan fingerprint density at radius 3 is 2.35 bits per heavy atom. The first-order valence-electron chi connectivity index (χ1n) is 8.23. The molecule has 1 saturated heterocycles. The third-order valence-corrected chi connectivity index (χ3v) is 6.22. The van der Waals surface area contributed by atoms with Crippen LogP contribution in [0.1, 0.15) is 17.5 Å². The number of carbonyl (C=O) groups excluding carboxylic acids is 1. The molecule has 0 aliphatic carbocycles. The first-order chi connectivity index (χ1) is 12.4. The molecule has 1 amide bonds. The summed E-state index contributed by atoms with van der Waals surface area (Å²) in [6, 6.07) is 14.4. The summed E-state index contributed by atoms with van der Waals surface area (Å²) in [7, 11) is -2.22. The molecule has 1 heterocycles. The van der Waals surface area contributed by atoms with Crippen molar-refractivity contribution in [2.75, 3.05) is 7.11 Å². The molecule has 1 unspecified atom stereocenters. The molecule has 2 aromatic carbocycles. The van der Waals surface area contributed by atoms with E-state index in [1.807, 2.05) is 43.3 Å². The maximum Gasteiger partial charge on any atom is 0.244 e. The molecule has 0 radical (unpaired) electrons. The Hall–Kier alpha value is -2.67. The maximum absolute atomic E-state index is 12.7. The Morgan fingerprint density at radius 1 is 1.08 bits per heavy atom. The van der Waals surface area contributed by atoms with Crippen LogP contribution in [-0.4, -0.2) is 31.9 Å². The summed E-state index contributed by atoms with van der Waals surface area (Å²) >= 11 is 0. The maximum atomic E-state index is 12.7. The van der Waals surface area contributed by atoms with Gasteiger partial charge in [0.25, 0.3) is 0 Å². The van der Waals surface area contributed by atoms with Crippen LogP contribution in [0, 0.1) is 6.92 Å². The number of carbonyl (C=O) groups is 1. The van der Waals surface area contributed by atoms with Gasteiger partial charge < -0.3 is 4.74 Å². The van der Waals surface area contributed by atoms with Crippen molar-refractivity contribution in [1.82, 2.24) is 5.32 Å². The lowest BCUT2D eigenvalue weighted by Crippen LogP contribution is -2.26. The minimum Gasteiger partial charge on any atom is -0.497 e. The molecule has 1 N–H and O–H groups in total. The third-order valence-electron chi connectivity index (χ3n) is 4.29. The second-order valence-electron chi connectivity index (χ2n) is 6.16. The predicted octanol–water partition coefficient (Wildman–Crippen LogP) is 2.54. The highest BCUT2D eigenvalue weighted by molar-refractivity contribution is 8.08. The summed E-state index contributed by atoms with van der Waals surface area (Å²) < 4.78 is 30.4. The second kappa shape index (κ2) is 7.29. The van der Waals surface area contributed by atoms with E-state index in [0.29, 0.717) is 12.1 Å². The van der Waals surface area contributed by atoms with E-state index in [2.05, 4.69) is 10.3 Å². The molecule has 6 nitrogen and oxygen atoms in total. The van der Waals surface area contributed by atoms with E-state index in [1.165, 1.54) is 0 Å². The van der Waals surface area contributed by atoms with Gasteiger partial charge in [-0.2, -0.15) is 0 Å². The predicted molar refractivity (Wildman–Crippen MR) is 100 cm³/mol. The zero-order valence-corrected chi connectivity index (χ0v) is 15.4. The summed E-state index contributed by atoms with van der Waals surface area (Å²) in [5.74, 6) is 0.205. The summed E-state index contributed by atoms with van der Waals surface area (Å²) in [5, 5.41) is 1.03. The van der Waals surface area contributed by atoms with Crippen molar-refractivity contribution in [3.05, 3.63) is 59.7 Å². The van der Waals surface area contributed by atoms with Crippen LogP contribution in [0.15, 0.2) is 53.5 Å². The van der Waals surface area contributed by atoms with Crippen molar-refractivity contribution >= 4 is 26.6 Å². The van der Waals surface area contributed by atoms with Crippen LogP contribution < -0.4 is 10.1 Å². The second-order valence-corrected chi connectivity index (χ2v) is 8.21. The highest BCUT2D eigenvalue weighted by atomic mass is 32.2.